The maximum Gasteiger partial charge on any atom is 0.331 e. The van der Waals surface area contributed by atoms with E-state index in [1.54, 1.807) is 0 Å². The Morgan fingerprint density at radius 3 is 2.36 bits per heavy atom. The number of carbonyl (C=O) groups excluding carboxylic acids is 3. The molecule has 0 fully saturated rings. The molecule has 1 aromatic carbocycles. The Morgan fingerprint density at radius 1 is 1.09 bits per heavy atom. The summed E-state index contributed by atoms with van der Waals surface area (Å²) in [6.07, 6.45) is 2.24. The number of rotatable bonds is 7. The van der Waals surface area contributed by atoms with Crippen LogP contribution in [0.25, 0.3) is 0 Å². The number of hydrogen-bond donors (Lipinski definition) is 1. The highest BCUT2D eigenvalue weighted by atomic mass is 16.5. The number of hydrogen-bond acceptors (Lipinski definition) is 7. The zero-order valence-corrected chi connectivity index (χ0v) is 12.0. The smallest absolute Gasteiger partial charge is 0.331 e. The predicted octanol–water partition coefficient (Wildman–Crippen LogP) is 1.35. The molecular weight excluding hydrogens is 292 g/mol. The lowest BCUT2D eigenvalue weighted by atomic mass is 10.3. The average molecular weight is 308 g/mol. The van der Waals surface area contributed by atoms with Crippen LogP contribution in [0, 0.1) is 0 Å². The van der Waals surface area contributed by atoms with Crippen molar-refractivity contribution in [1.82, 2.24) is 0 Å². The van der Waals surface area contributed by atoms with E-state index in [0.717, 1.165) is 12.2 Å². The van der Waals surface area contributed by atoms with Crippen molar-refractivity contribution >= 4 is 17.9 Å². The molecule has 0 bridgehead atoms. The van der Waals surface area contributed by atoms with Crippen LogP contribution in [0.1, 0.15) is 12.8 Å². The van der Waals surface area contributed by atoms with Gasteiger partial charge in [-0.1, -0.05) is 0 Å². The fourth-order valence-corrected chi connectivity index (χ4v) is 1.34. The van der Waals surface area contributed by atoms with Crippen molar-refractivity contribution in [2.45, 2.75) is 12.8 Å². The maximum atomic E-state index is 11.5. The van der Waals surface area contributed by atoms with Gasteiger partial charge in [0.1, 0.15) is 11.5 Å². The van der Waals surface area contributed by atoms with Gasteiger partial charge in [0.15, 0.2) is 0 Å². The molecular formula is C15H16O7. The van der Waals surface area contributed by atoms with Crippen molar-refractivity contribution in [3.8, 4) is 11.5 Å². The summed E-state index contributed by atoms with van der Waals surface area (Å²) in [4.78, 5) is 33.4. The van der Waals surface area contributed by atoms with Crippen LogP contribution >= 0.6 is 0 Å². The quantitative estimate of drug-likeness (QED) is 0.351. The molecule has 1 rings (SSSR count). The molecule has 1 N–H and O–H groups in total. The lowest BCUT2D eigenvalue weighted by Gasteiger charge is -2.04. The van der Waals surface area contributed by atoms with E-state index >= 15 is 0 Å². The maximum absolute atomic E-state index is 11.5. The summed E-state index contributed by atoms with van der Waals surface area (Å²) >= 11 is 0. The van der Waals surface area contributed by atoms with Crippen LogP contribution in [0.15, 0.2) is 36.4 Å². The number of phenolic OH excluding ortho intramolecular Hbond substituents is 1. The van der Waals surface area contributed by atoms with E-state index in [-0.39, 0.29) is 25.2 Å². The van der Waals surface area contributed by atoms with Crippen molar-refractivity contribution in [3.05, 3.63) is 36.4 Å². The van der Waals surface area contributed by atoms with Crippen LogP contribution in [0.4, 0.5) is 0 Å². The van der Waals surface area contributed by atoms with Crippen molar-refractivity contribution in [3.63, 3.8) is 0 Å². The molecule has 0 saturated carbocycles. The van der Waals surface area contributed by atoms with Crippen molar-refractivity contribution in [1.29, 1.82) is 0 Å². The molecule has 0 unspecified atom stereocenters. The number of carbonyl (C=O) groups is 3. The van der Waals surface area contributed by atoms with E-state index in [2.05, 4.69) is 4.74 Å². The van der Waals surface area contributed by atoms with Gasteiger partial charge in [0, 0.05) is 18.6 Å². The molecule has 22 heavy (non-hydrogen) atoms. The van der Waals surface area contributed by atoms with Crippen LogP contribution in [-0.4, -0.2) is 36.7 Å². The Labute approximate surface area is 127 Å². The lowest BCUT2D eigenvalue weighted by Crippen LogP contribution is -2.10. The third-order valence-electron chi connectivity index (χ3n) is 2.39. The summed E-state index contributed by atoms with van der Waals surface area (Å²) in [6.45, 7) is 0.0228. The first kappa shape index (κ1) is 17.2. The highest BCUT2D eigenvalue weighted by Crippen LogP contribution is 2.16. The Morgan fingerprint density at radius 2 is 1.73 bits per heavy atom. The standard InChI is InChI=1S/C15H16O7/c1-20-13(17)8-9-14(18)21-10-2-3-15(19)22-12-6-4-11(16)5-7-12/h4-9,16H,2-3,10H2,1H3/b9-8+. The van der Waals surface area contributed by atoms with E-state index in [1.807, 2.05) is 0 Å². The predicted molar refractivity (Wildman–Crippen MR) is 75.1 cm³/mol. The molecule has 0 radical (unpaired) electrons. The fraction of sp³-hybridized carbons (Fsp3) is 0.267. The lowest BCUT2D eigenvalue weighted by molar-refractivity contribution is -0.140. The van der Waals surface area contributed by atoms with E-state index in [9.17, 15) is 14.4 Å². The molecule has 0 aromatic heterocycles. The van der Waals surface area contributed by atoms with Gasteiger partial charge in [0.2, 0.25) is 0 Å². The van der Waals surface area contributed by atoms with Crippen LogP contribution in [0.2, 0.25) is 0 Å². The van der Waals surface area contributed by atoms with Gasteiger partial charge in [-0.3, -0.25) is 4.79 Å². The summed E-state index contributed by atoms with van der Waals surface area (Å²) < 4.78 is 14.1. The zero-order valence-electron chi connectivity index (χ0n) is 12.0. The molecule has 0 heterocycles. The summed E-state index contributed by atoms with van der Waals surface area (Å²) in [6, 6.07) is 5.73. The molecule has 7 nitrogen and oxygen atoms in total. The van der Waals surface area contributed by atoms with Gasteiger partial charge in [-0.2, -0.15) is 0 Å². The Hall–Kier alpha value is -2.83. The number of methoxy groups -OCH3 is 1. The highest BCUT2D eigenvalue weighted by molar-refractivity contribution is 5.91. The van der Waals surface area contributed by atoms with E-state index in [1.165, 1.54) is 31.4 Å². The number of phenols is 1. The van der Waals surface area contributed by atoms with Gasteiger partial charge in [-0.15, -0.1) is 0 Å². The third-order valence-corrected chi connectivity index (χ3v) is 2.39. The SMILES string of the molecule is COC(=O)/C=C/C(=O)OCCCC(=O)Oc1ccc(O)cc1. The first-order valence-electron chi connectivity index (χ1n) is 6.44. The largest absolute Gasteiger partial charge is 0.508 e. The first-order valence-corrected chi connectivity index (χ1v) is 6.44. The topological polar surface area (TPSA) is 99.1 Å². The molecule has 1 aromatic rings. The van der Waals surface area contributed by atoms with Crippen LogP contribution in [0.3, 0.4) is 0 Å². The second kappa shape index (κ2) is 9.17. The van der Waals surface area contributed by atoms with Crippen LogP contribution < -0.4 is 4.74 Å². The molecule has 118 valence electrons. The van der Waals surface area contributed by atoms with Gasteiger partial charge in [0.05, 0.1) is 13.7 Å². The number of aromatic hydroxyl groups is 1. The highest BCUT2D eigenvalue weighted by Gasteiger charge is 2.06. The van der Waals surface area contributed by atoms with Crippen molar-refractivity contribution in [2.75, 3.05) is 13.7 Å². The van der Waals surface area contributed by atoms with Gasteiger partial charge in [-0.25, -0.2) is 9.59 Å². The third kappa shape index (κ3) is 7.09. The normalized spacial score (nSPS) is 10.2. The average Bonchev–Trinajstić information content (AvgIpc) is 2.51. The Kier molecular flexibility index (Phi) is 7.18. The Bertz CT molecular complexity index is 546. The second-order valence-electron chi connectivity index (χ2n) is 4.10. The number of benzene rings is 1. The van der Waals surface area contributed by atoms with Crippen molar-refractivity contribution < 1.29 is 33.7 Å². The monoisotopic (exact) mass is 308 g/mol. The molecule has 0 spiro atoms. The fourth-order valence-electron chi connectivity index (χ4n) is 1.34. The van der Waals surface area contributed by atoms with E-state index in [0.29, 0.717) is 5.75 Å². The minimum atomic E-state index is -0.697. The summed E-state index contributed by atoms with van der Waals surface area (Å²) in [5.74, 6) is -1.44. The molecule has 0 saturated heterocycles. The van der Waals surface area contributed by atoms with Crippen molar-refractivity contribution in [2.24, 2.45) is 0 Å². The minimum absolute atomic E-state index is 0.0228. The summed E-state index contributed by atoms with van der Waals surface area (Å²) in [5, 5.41) is 9.09. The van der Waals surface area contributed by atoms with Crippen LogP contribution in [-0.2, 0) is 23.9 Å². The van der Waals surface area contributed by atoms with Gasteiger partial charge in [0.25, 0.3) is 0 Å². The Balaban J connectivity index is 2.20. The number of esters is 3. The zero-order chi connectivity index (χ0) is 16.4. The first-order chi connectivity index (χ1) is 10.5. The molecule has 0 atom stereocenters. The summed E-state index contributed by atoms with van der Waals surface area (Å²) in [7, 11) is 1.19. The second-order valence-corrected chi connectivity index (χ2v) is 4.10. The van der Waals surface area contributed by atoms with Gasteiger partial charge in [-0.05, 0) is 30.7 Å². The molecule has 0 aliphatic carbocycles. The van der Waals surface area contributed by atoms with Crippen LogP contribution in [0.5, 0.6) is 11.5 Å². The minimum Gasteiger partial charge on any atom is -0.508 e. The molecule has 7 heteroatoms. The van der Waals surface area contributed by atoms with Gasteiger partial charge < -0.3 is 19.3 Å². The number of ether oxygens (including phenoxy) is 3. The van der Waals surface area contributed by atoms with E-state index < -0.39 is 17.9 Å². The molecule has 0 amide bonds. The van der Waals surface area contributed by atoms with Gasteiger partial charge >= 0.3 is 17.9 Å². The molecule has 0 aliphatic rings. The summed E-state index contributed by atoms with van der Waals surface area (Å²) in [5.41, 5.74) is 0. The van der Waals surface area contributed by atoms with E-state index in [4.69, 9.17) is 14.6 Å². The molecule has 0 aliphatic heterocycles.